The van der Waals surface area contributed by atoms with Gasteiger partial charge in [-0.3, -0.25) is 4.90 Å². The maximum absolute atomic E-state index is 12.7. The summed E-state index contributed by atoms with van der Waals surface area (Å²) < 4.78 is 42.0. The van der Waals surface area contributed by atoms with E-state index in [1.54, 1.807) is 0 Å². The summed E-state index contributed by atoms with van der Waals surface area (Å²) in [4.78, 5) is 1.93. The standard InChI is InChI=1S/C12H19F2N/c1-9(2)6-12-4-3-5-15(12)8-10(7-12)11(13)14/h9H,3-8H2,1-2H3/t12-/m0/s1/i6D2. The van der Waals surface area contributed by atoms with E-state index < -0.39 is 18.0 Å². The van der Waals surface area contributed by atoms with Crippen molar-refractivity contribution in [2.45, 2.75) is 45.0 Å². The van der Waals surface area contributed by atoms with E-state index in [1.807, 2.05) is 18.7 Å². The third kappa shape index (κ3) is 1.94. The Bertz CT molecular complexity index is 350. The topological polar surface area (TPSA) is 3.24 Å². The van der Waals surface area contributed by atoms with Gasteiger partial charge in [0.05, 0.1) is 0 Å². The highest BCUT2D eigenvalue weighted by atomic mass is 19.3. The Morgan fingerprint density at radius 3 is 2.93 bits per heavy atom. The van der Waals surface area contributed by atoms with E-state index in [2.05, 4.69) is 0 Å². The largest absolute Gasteiger partial charge is 0.293 e. The molecule has 0 bridgehead atoms. The first-order valence-corrected chi connectivity index (χ1v) is 5.59. The van der Waals surface area contributed by atoms with Crippen molar-refractivity contribution in [3.63, 3.8) is 0 Å². The summed E-state index contributed by atoms with van der Waals surface area (Å²) in [7, 11) is 0. The van der Waals surface area contributed by atoms with Crippen molar-refractivity contribution in [1.29, 1.82) is 0 Å². The van der Waals surface area contributed by atoms with Crippen LogP contribution in [0.25, 0.3) is 0 Å². The molecule has 86 valence electrons. The molecule has 3 heteroatoms. The van der Waals surface area contributed by atoms with Crippen molar-refractivity contribution in [2.24, 2.45) is 5.92 Å². The lowest BCUT2D eigenvalue weighted by molar-refractivity contribution is 0.163. The van der Waals surface area contributed by atoms with Gasteiger partial charge in [-0.05, 0) is 38.1 Å². The van der Waals surface area contributed by atoms with Gasteiger partial charge >= 0.3 is 0 Å². The van der Waals surface area contributed by atoms with Gasteiger partial charge < -0.3 is 0 Å². The molecule has 0 aromatic rings. The summed E-state index contributed by atoms with van der Waals surface area (Å²) in [5, 5.41) is 0. The molecule has 2 heterocycles. The van der Waals surface area contributed by atoms with E-state index in [0.717, 1.165) is 13.0 Å². The van der Waals surface area contributed by atoms with Gasteiger partial charge in [-0.1, -0.05) is 13.8 Å². The summed E-state index contributed by atoms with van der Waals surface area (Å²) in [5.74, 6) is -0.162. The van der Waals surface area contributed by atoms with E-state index in [9.17, 15) is 8.78 Å². The molecule has 0 aromatic heterocycles. The molecule has 1 nitrogen and oxygen atoms in total. The summed E-state index contributed by atoms with van der Waals surface area (Å²) in [6.45, 7) is 4.65. The molecule has 0 aliphatic carbocycles. The van der Waals surface area contributed by atoms with Crippen LogP contribution in [0.3, 0.4) is 0 Å². The number of rotatable bonds is 2. The van der Waals surface area contributed by atoms with Crippen molar-refractivity contribution in [3.05, 3.63) is 11.7 Å². The van der Waals surface area contributed by atoms with Gasteiger partial charge in [0.25, 0.3) is 6.08 Å². The lowest BCUT2D eigenvalue weighted by Crippen LogP contribution is -2.39. The lowest BCUT2D eigenvalue weighted by Gasteiger charge is -2.33. The molecular formula is C12H19F2N. The number of nitrogens with zero attached hydrogens (tertiary/aromatic N) is 1. The van der Waals surface area contributed by atoms with Crippen LogP contribution in [0.5, 0.6) is 0 Å². The normalized spacial score (nSPS) is 34.3. The van der Waals surface area contributed by atoms with E-state index >= 15 is 0 Å². The van der Waals surface area contributed by atoms with Crippen LogP contribution in [0.2, 0.25) is 0 Å². The van der Waals surface area contributed by atoms with Crippen LogP contribution in [0.15, 0.2) is 11.7 Å². The second-order valence-corrected chi connectivity index (χ2v) is 4.90. The zero-order valence-corrected chi connectivity index (χ0v) is 9.32. The Balaban J connectivity index is 2.38. The second kappa shape index (κ2) is 3.85. The molecule has 2 aliphatic rings. The smallest absolute Gasteiger partial charge is 0.270 e. The van der Waals surface area contributed by atoms with Crippen molar-refractivity contribution in [2.75, 3.05) is 13.1 Å². The fourth-order valence-corrected chi connectivity index (χ4v) is 2.88. The van der Waals surface area contributed by atoms with E-state index in [1.165, 1.54) is 0 Å². The highest BCUT2D eigenvalue weighted by Gasteiger charge is 2.47. The van der Waals surface area contributed by atoms with Gasteiger partial charge in [-0.2, -0.15) is 8.78 Å². The van der Waals surface area contributed by atoms with Crippen LogP contribution in [0.4, 0.5) is 8.78 Å². The molecular weight excluding hydrogens is 196 g/mol. The molecule has 0 unspecified atom stereocenters. The van der Waals surface area contributed by atoms with Crippen molar-refractivity contribution >= 4 is 0 Å². The molecule has 0 amide bonds. The third-order valence-electron chi connectivity index (χ3n) is 3.34. The van der Waals surface area contributed by atoms with Gasteiger partial charge in [0.1, 0.15) is 0 Å². The highest BCUT2D eigenvalue weighted by molar-refractivity contribution is 5.21. The first-order valence-electron chi connectivity index (χ1n) is 6.59. The molecule has 0 spiro atoms. The van der Waals surface area contributed by atoms with E-state index in [4.69, 9.17) is 2.74 Å². The van der Waals surface area contributed by atoms with Crippen LogP contribution in [0, 0.1) is 5.92 Å². The molecule has 2 rings (SSSR count). The minimum absolute atomic E-state index is 0.134. The van der Waals surface area contributed by atoms with E-state index in [-0.39, 0.29) is 24.5 Å². The fourth-order valence-electron chi connectivity index (χ4n) is 2.88. The van der Waals surface area contributed by atoms with Gasteiger partial charge in [-0.15, -0.1) is 0 Å². The Hall–Kier alpha value is -0.440. The minimum Gasteiger partial charge on any atom is -0.293 e. The van der Waals surface area contributed by atoms with Gasteiger partial charge in [-0.25, -0.2) is 0 Å². The monoisotopic (exact) mass is 217 g/mol. The predicted octanol–water partition coefficient (Wildman–Crippen LogP) is 3.42. The summed E-state index contributed by atoms with van der Waals surface area (Å²) in [6.07, 6.45) is -1.23. The lowest BCUT2D eigenvalue weighted by atomic mass is 9.84. The molecule has 0 radical (unpaired) electrons. The molecule has 0 saturated carbocycles. The molecule has 2 aliphatic heterocycles. The maximum Gasteiger partial charge on any atom is 0.270 e. The number of hydrogen-bond acceptors (Lipinski definition) is 1. The number of hydrogen-bond donors (Lipinski definition) is 0. The van der Waals surface area contributed by atoms with Crippen molar-refractivity contribution < 1.29 is 11.5 Å². The molecule has 0 aromatic carbocycles. The van der Waals surface area contributed by atoms with Crippen LogP contribution < -0.4 is 0 Å². The average Bonchev–Trinajstić information content (AvgIpc) is 2.72. The average molecular weight is 217 g/mol. The molecule has 2 saturated heterocycles. The summed E-state index contributed by atoms with van der Waals surface area (Å²) >= 11 is 0. The fraction of sp³-hybridized carbons (Fsp3) is 0.833. The Morgan fingerprint density at radius 1 is 1.60 bits per heavy atom. The van der Waals surface area contributed by atoms with Crippen molar-refractivity contribution in [1.82, 2.24) is 4.90 Å². The number of halogens is 2. The number of fused-ring (bicyclic) bond motifs is 1. The predicted molar refractivity (Wildman–Crippen MR) is 56.9 cm³/mol. The van der Waals surface area contributed by atoms with Crippen LogP contribution in [-0.4, -0.2) is 23.5 Å². The zero-order valence-electron chi connectivity index (χ0n) is 11.3. The maximum atomic E-state index is 12.7. The zero-order chi connectivity index (χ0) is 12.8. The summed E-state index contributed by atoms with van der Waals surface area (Å²) in [5.41, 5.74) is -0.561. The highest BCUT2D eigenvalue weighted by Crippen LogP contribution is 2.46. The molecule has 2 fully saturated rings. The van der Waals surface area contributed by atoms with Crippen LogP contribution >= 0.6 is 0 Å². The first-order chi connectivity index (χ1) is 7.81. The summed E-state index contributed by atoms with van der Waals surface area (Å²) in [6, 6.07) is 0. The minimum atomic E-state index is -1.61. The van der Waals surface area contributed by atoms with Gasteiger partial charge in [0, 0.05) is 20.4 Å². The Kier molecular flexibility index (Phi) is 2.23. The second-order valence-electron chi connectivity index (χ2n) is 4.90. The van der Waals surface area contributed by atoms with Crippen LogP contribution in [0.1, 0.15) is 42.2 Å². The third-order valence-corrected chi connectivity index (χ3v) is 3.34. The van der Waals surface area contributed by atoms with Crippen molar-refractivity contribution in [3.8, 4) is 0 Å². The Labute approximate surface area is 93.0 Å². The molecule has 1 atom stereocenters. The van der Waals surface area contributed by atoms with Crippen LogP contribution in [-0.2, 0) is 0 Å². The first kappa shape index (κ1) is 8.68. The van der Waals surface area contributed by atoms with Gasteiger partial charge in [0.15, 0.2) is 0 Å². The Morgan fingerprint density at radius 2 is 2.33 bits per heavy atom. The van der Waals surface area contributed by atoms with E-state index in [0.29, 0.717) is 6.42 Å². The molecule has 0 N–H and O–H groups in total. The SMILES string of the molecule is [2H]C([2H])(C(C)C)[C@]12CCCN1CC(=C(F)F)C2. The van der Waals surface area contributed by atoms with Gasteiger partial charge in [0.2, 0.25) is 0 Å². The quantitative estimate of drug-likeness (QED) is 0.685. The molecule has 15 heavy (non-hydrogen) atoms.